The van der Waals surface area contributed by atoms with E-state index in [0.717, 1.165) is 41.7 Å². The first-order valence-corrected chi connectivity index (χ1v) is 12.5. The minimum atomic E-state index is -0.325. The molecule has 5 rings (SSSR count). The SMILES string of the molecule is NC(=O)C1CCN(CC(=O)N2N=C3/C(=C\c4ccc(F)cc4)CCCC3C2c2ccc(F)cc2)CC1. The Morgan fingerprint density at radius 3 is 2.25 bits per heavy atom. The van der Waals surface area contributed by atoms with Gasteiger partial charge in [-0.15, -0.1) is 0 Å². The lowest BCUT2D eigenvalue weighted by atomic mass is 9.77. The smallest absolute Gasteiger partial charge is 0.257 e. The number of carbonyl (C=O) groups is 2. The van der Waals surface area contributed by atoms with Gasteiger partial charge in [0.2, 0.25) is 5.91 Å². The third-order valence-corrected chi connectivity index (χ3v) is 7.53. The monoisotopic (exact) mass is 492 g/mol. The zero-order valence-corrected chi connectivity index (χ0v) is 20.1. The Kier molecular flexibility index (Phi) is 6.96. The van der Waals surface area contributed by atoms with Gasteiger partial charge >= 0.3 is 0 Å². The number of amides is 2. The maximum absolute atomic E-state index is 13.7. The molecule has 6 nitrogen and oxygen atoms in total. The van der Waals surface area contributed by atoms with Gasteiger partial charge in [-0.2, -0.15) is 5.10 Å². The van der Waals surface area contributed by atoms with Gasteiger partial charge in [0.25, 0.3) is 5.91 Å². The van der Waals surface area contributed by atoms with E-state index in [9.17, 15) is 18.4 Å². The van der Waals surface area contributed by atoms with Crippen molar-refractivity contribution in [1.82, 2.24) is 9.91 Å². The second-order valence-corrected chi connectivity index (χ2v) is 9.89. The van der Waals surface area contributed by atoms with Crippen LogP contribution in [0.1, 0.15) is 49.3 Å². The van der Waals surface area contributed by atoms with E-state index in [1.54, 1.807) is 29.3 Å². The van der Waals surface area contributed by atoms with E-state index < -0.39 is 0 Å². The molecule has 0 bridgehead atoms. The molecule has 2 fully saturated rings. The highest BCUT2D eigenvalue weighted by Gasteiger charge is 2.44. The number of rotatable bonds is 5. The topological polar surface area (TPSA) is 79.0 Å². The maximum atomic E-state index is 13.7. The maximum Gasteiger partial charge on any atom is 0.257 e. The lowest BCUT2D eigenvalue weighted by molar-refractivity contribution is -0.135. The van der Waals surface area contributed by atoms with Gasteiger partial charge < -0.3 is 5.73 Å². The van der Waals surface area contributed by atoms with Crippen molar-refractivity contribution in [2.24, 2.45) is 22.7 Å². The number of allylic oxidation sites excluding steroid dienone is 1. The fraction of sp³-hybridized carbons (Fsp3) is 0.393. The van der Waals surface area contributed by atoms with Crippen LogP contribution in [0.25, 0.3) is 6.08 Å². The summed E-state index contributed by atoms with van der Waals surface area (Å²) >= 11 is 0. The summed E-state index contributed by atoms with van der Waals surface area (Å²) in [6, 6.07) is 12.3. The molecule has 188 valence electrons. The van der Waals surface area contributed by atoms with E-state index in [4.69, 9.17) is 10.8 Å². The van der Waals surface area contributed by atoms with E-state index in [0.29, 0.717) is 25.9 Å². The molecule has 0 aromatic heterocycles. The lowest BCUT2D eigenvalue weighted by Gasteiger charge is -2.33. The molecule has 0 radical (unpaired) electrons. The highest BCUT2D eigenvalue weighted by molar-refractivity contribution is 6.08. The lowest BCUT2D eigenvalue weighted by Crippen LogP contribution is -2.44. The van der Waals surface area contributed by atoms with E-state index in [-0.39, 0.29) is 47.9 Å². The number of hydrazone groups is 1. The molecule has 8 heteroatoms. The zero-order chi connectivity index (χ0) is 25.2. The fourth-order valence-electron chi connectivity index (χ4n) is 5.60. The minimum absolute atomic E-state index is 0.000424. The van der Waals surface area contributed by atoms with Gasteiger partial charge in [0.1, 0.15) is 11.6 Å². The van der Waals surface area contributed by atoms with Gasteiger partial charge in [0, 0.05) is 11.8 Å². The first-order chi connectivity index (χ1) is 17.4. The van der Waals surface area contributed by atoms with E-state index in [1.807, 2.05) is 11.0 Å². The molecule has 36 heavy (non-hydrogen) atoms. The van der Waals surface area contributed by atoms with Gasteiger partial charge in [-0.1, -0.05) is 24.3 Å². The highest BCUT2D eigenvalue weighted by Crippen LogP contribution is 2.44. The van der Waals surface area contributed by atoms with Crippen molar-refractivity contribution in [3.63, 3.8) is 0 Å². The molecule has 2 N–H and O–H groups in total. The van der Waals surface area contributed by atoms with Crippen LogP contribution in [0.5, 0.6) is 0 Å². The standard InChI is InChI=1S/C28H30F2N4O2/c29-22-8-4-18(5-9-22)16-21-2-1-3-24-26(21)32-34(27(24)19-6-10-23(30)11-7-19)25(35)17-33-14-12-20(13-15-33)28(31)36/h4-11,16,20,24,27H,1-3,12-15,17H2,(H2,31,36)/b21-16-. The number of nitrogens with zero attached hydrogens (tertiary/aromatic N) is 3. The zero-order valence-electron chi connectivity index (χ0n) is 20.1. The first-order valence-electron chi connectivity index (χ1n) is 12.5. The minimum Gasteiger partial charge on any atom is -0.369 e. The predicted molar refractivity (Wildman–Crippen MR) is 133 cm³/mol. The van der Waals surface area contributed by atoms with E-state index >= 15 is 0 Å². The van der Waals surface area contributed by atoms with Gasteiger partial charge in [-0.05, 0) is 92.2 Å². The Morgan fingerprint density at radius 2 is 1.61 bits per heavy atom. The summed E-state index contributed by atoms with van der Waals surface area (Å²) < 4.78 is 27.1. The molecule has 1 saturated carbocycles. The number of hydrogen-bond donors (Lipinski definition) is 1. The van der Waals surface area contributed by atoms with Gasteiger partial charge in [0.05, 0.1) is 18.3 Å². The molecule has 2 heterocycles. The van der Waals surface area contributed by atoms with Crippen LogP contribution in [0.15, 0.2) is 59.2 Å². The molecule has 2 unspecified atom stereocenters. The molecule has 3 aliphatic rings. The Bertz CT molecular complexity index is 1190. The summed E-state index contributed by atoms with van der Waals surface area (Å²) in [5.74, 6) is -1.16. The second kappa shape index (κ2) is 10.3. The Hall–Kier alpha value is -3.39. The van der Waals surface area contributed by atoms with Crippen molar-refractivity contribution in [2.45, 2.75) is 38.1 Å². The number of nitrogens with two attached hydrogens (primary N) is 1. The van der Waals surface area contributed by atoms with Crippen LogP contribution in [0.4, 0.5) is 8.78 Å². The summed E-state index contributed by atoms with van der Waals surface area (Å²) in [5, 5.41) is 6.44. The van der Waals surface area contributed by atoms with Crippen LogP contribution < -0.4 is 5.73 Å². The quantitative estimate of drug-likeness (QED) is 0.677. The molecule has 2 aromatic rings. The summed E-state index contributed by atoms with van der Waals surface area (Å²) in [5.41, 5.74) is 9.10. The Balaban J connectivity index is 1.42. The number of hydrogen-bond acceptors (Lipinski definition) is 4. The normalized spacial score (nSPS) is 24.0. The van der Waals surface area contributed by atoms with Gasteiger partial charge in [-0.25, -0.2) is 13.8 Å². The number of fused-ring (bicyclic) bond motifs is 1. The summed E-state index contributed by atoms with van der Waals surface area (Å²) in [6.07, 6.45) is 5.95. The molecule has 2 amide bonds. The fourth-order valence-corrected chi connectivity index (χ4v) is 5.60. The van der Waals surface area contributed by atoms with Gasteiger partial charge in [-0.3, -0.25) is 14.5 Å². The van der Waals surface area contributed by atoms with Crippen molar-refractivity contribution >= 4 is 23.6 Å². The van der Waals surface area contributed by atoms with Crippen LogP contribution in [-0.2, 0) is 9.59 Å². The highest BCUT2D eigenvalue weighted by atomic mass is 19.1. The number of halogens is 2. The number of piperidine rings is 1. The molecule has 2 aliphatic heterocycles. The first kappa shape index (κ1) is 24.3. The summed E-state index contributed by atoms with van der Waals surface area (Å²) in [7, 11) is 0. The molecular formula is C28H30F2N4O2. The van der Waals surface area contributed by atoms with Crippen molar-refractivity contribution in [3.05, 3.63) is 76.9 Å². The van der Waals surface area contributed by atoms with Crippen molar-refractivity contribution in [1.29, 1.82) is 0 Å². The molecule has 0 spiro atoms. The summed E-state index contributed by atoms with van der Waals surface area (Å²) in [6.45, 7) is 1.46. The predicted octanol–water partition coefficient (Wildman–Crippen LogP) is 4.29. The van der Waals surface area contributed by atoms with Gasteiger partial charge in [0.15, 0.2) is 0 Å². The number of benzene rings is 2. The number of primary amides is 1. The largest absolute Gasteiger partial charge is 0.369 e. The van der Waals surface area contributed by atoms with Crippen LogP contribution in [-0.4, -0.2) is 47.1 Å². The molecule has 1 saturated heterocycles. The second-order valence-electron chi connectivity index (χ2n) is 9.89. The Labute approximate surface area is 209 Å². The van der Waals surface area contributed by atoms with Crippen LogP contribution in [0, 0.1) is 23.5 Å². The average molecular weight is 493 g/mol. The number of carbonyl (C=O) groups excluding carboxylic acids is 2. The third kappa shape index (κ3) is 5.09. The van der Waals surface area contributed by atoms with Crippen molar-refractivity contribution in [2.75, 3.05) is 19.6 Å². The van der Waals surface area contributed by atoms with Crippen LogP contribution >= 0.6 is 0 Å². The molecule has 1 aliphatic carbocycles. The van der Waals surface area contributed by atoms with Crippen LogP contribution in [0.2, 0.25) is 0 Å². The summed E-state index contributed by atoms with van der Waals surface area (Å²) in [4.78, 5) is 27.1. The molecule has 2 atom stereocenters. The number of likely N-dealkylation sites (tertiary alicyclic amines) is 1. The molecule has 2 aromatic carbocycles. The van der Waals surface area contributed by atoms with E-state index in [2.05, 4.69) is 0 Å². The Morgan fingerprint density at radius 1 is 0.972 bits per heavy atom. The van der Waals surface area contributed by atoms with Crippen molar-refractivity contribution < 1.29 is 18.4 Å². The van der Waals surface area contributed by atoms with Crippen LogP contribution in [0.3, 0.4) is 0 Å². The molecular weight excluding hydrogens is 462 g/mol. The van der Waals surface area contributed by atoms with Crippen molar-refractivity contribution in [3.8, 4) is 0 Å². The van der Waals surface area contributed by atoms with E-state index in [1.165, 1.54) is 24.3 Å². The third-order valence-electron chi connectivity index (χ3n) is 7.53. The average Bonchev–Trinajstić information content (AvgIpc) is 3.27.